The number of benzene rings is 2. The molecule has 2 aromatic carbocycles. The lowest BCUT2D eigenvalue weighted by Gasteiger charge is -2.26. The number of carbonyl (C=O) groups excluding carboxylic acids is 1. The summed E-state index contributed by atoms with van der Waals surface area (Å²) in [5.41, 5.74) is 2.19. The standard InChI is InChI=1S/C26H26N4O5/c1-26(2,19-6-4-3-5-7-19)20-8-10-22(11-9-20)34-18-23-12-13-24(35-23)25(31)27-14-15-29-17-21(16-28-29)30(32)33/h3-13,16-17H,14-15,18H2,1-2H3,(H,27,31). The molecule has 0 spiro atoms. The minimum absolute atomic E-state index is 0.0958. The van der Waals surface area contributed by atoms with Gasteiger partial charge < -0.3 is 14.5 Å². The van der Waals surface area contributed by atoms with Crippen molar-refractivity contribution in [3.63, 3.8) is 0 Å². The maximum Gasteiger partial charge on any atom is 0.306 e. The molecule has 0 radical (unpaired) electrons. The van der Waals surface area contributed by atoms with E-state index in [2.05, 4.69) is 48.5 Å². The Morgan fingerprint density at radius 3 is 2.49 bits per heavy atom. The summed E-state index contributed by atoms with van der Waals surface area (Å²) in [5, 5.41) is 17.3. The number of carbonyl (C=O) groups is 1. The average molecular weight is 475 g/mol. The van der Waals surface area contributed by atoms with E-state index in [1.807, 2.05) is 30.3 Å². The van der Waals surface area contributed by atoms with Crippen molar-refractivity contribution in [3.8, 4) is 5.75 Å². The van der Waals surface area contributed by atoms with Crippen molar-refractivity contribution in [3.05, 3.63) is 112 Å². The fraction of sp³-hybridized carbons (Fsp3) is 0.231. The molecule has 0 bridgehead atoms. The first-order chi connectivity index (χ1) is 16.8. The third-order valence-corrected chi connectivity index (χ3v) is 5.79. The van der Waals surface area contributed by atoms with Gasteiger partial charge in [0, 0.05) is 12.0 Å². The van der Waals surface area contributed by atoms with Crippen LogP contribution in [0.2, 0.25) is 0 Å². The van der Waals surface area contributed by atoms with Gasteiger partial charge in [-0.3, -0.25) is 19.6 Å². The Balaban J connectivity index is 1.27. The number of hydrogen-bond acceptors (Lipinski definition) is 6. The van der Waals surface area contributed by atoms with Crippen molar-refractivity contribution in [1.29, 1.82) is 0 Å². The summed E-state index contributed by atoms with van der Waals surface area (Å²) >= 11 is 0. The van der Waals surface area contributed by atoms with E-state index < -0.39 is 4.92 Å². The van der Waals surface area contributed by atoms with Crippen LogP contribution < -0.4 is 10.1 Å². The number of furan rings is 1. The Kier molecular flexibility index (Phi) is 6.96. The van der Waals surface area contributed by atoms with Crippen molar-refractivity contribution in [1.82, 2.24) is 15.1 Å². The zero-order valence-corrected chi connectivity index (χ0v) is 19.5. The van der Waals surface area contributed by atoms with Crippen LogP contribution in [-0.2, 0) is 18.6 Å². The number of rotatable bonds is 10. The minimum Gasteiger partial charge on any atom is -0.486 e. The fourth-order valence-corrected chi connectivity index (χ4v) is 3.66. The van der Waals surface area contributed by atoms with Gasteiger partial charge in [-0.2, -0.15) is 5.10 Å². The van der Waals surface area contributed by atoms with Crippen LogP contribution in [0.1, 0.15) is 41.3 Å². The van der Waals surface area contributed by atoms with Crippen molar-refractivity contribution >= 4 is 11.6 Å². The second-order valence-corrected chi connectivity index (χ2v) is 8.54. The van der Waals surface area contributed by atoms with Gasteiger partial charge >= 0.3 is 5.69 Å². The molecule has 9 heteroatoms. The number of nitrogens with zero attached hydrogens (tertiary/aromatic N) is 3. The van der Waals surface area contributed by atoms with E-state index >= 15 is 0 Å². The minimum atomic E-state index is -0.519. The first-order valence-electron chi connectivity index (χ1n) is 11.2. The topological polar surface area (TPSA) is 112 Å². The number of aromatic nitrogens is 2. The van der Waals surface area contributed by atoms with Gasteiger partial charge in [0.05, 0.1) is 11.5 Å². The molecule has 0 aliphatic rings. The molecule has 1 N–H and O–H groups in total. The van der Waals surface area contributed by atoms with E-state index in [0.29, 0.717) is 18.1 Å². The highest BCUT2D eigenvalue weighted by Crippen LogP contribution is 2.32. The van der Waals surface area contributed by atoms with E-state index in [4.69, 9.17) is 9.15 Å². The Morgan fingerprint density at radius 2 is 1.80 bits per heavy atom. The maximum atomic E-state index is 12.3. The molecule has 0 fully saturated rings. The summed E-state index contributed by atoms with van der Waals surface area (Å²) in [6, 6.07) is 21.6. The van der Waals surface area contributed by atoms with Gasteiger partial charge in [0.2, 0.25) is 0 Å². The lowest BCUT2D eigenvalue weighted by molar-refractivity contribution is -0.385. The van der Waals surface area contributed by atoms with Crippen LogP contribution in [0, 0.1) is 10.1 Å². The summed E-state index contributed by atoms with van der Waals surface area (Å²) in [4.78, 5) is 22.5. The zero-order valence-electron chi connectivity index (χ0n) is 19.5. The molecule has 1 amide bonds. The molecule has 0 aliphatic heterocycles. The van der Waals surface area contributed by atoms with Gasteiger partial charge in [0.25, 0.3) is 5.91 Å². The van der Waals surface area contributed by atoms with Gasteiger partial charge in [-0.05, 0) is 35.4 Å². The molecule has 0 unspecified atom stereocenters. The highest BCUT2D eigenvalue weighted by molar-refractivity contribution is 5.91. The molecule has 2 aromatic heterocycles. The quantitative estimate of drug-likeness (QED) is 0.263. The van der Waals surface area contributed by atoms with Gasteiger partial charge in [-0.1, -0.05) is 56.3 Å². The molecule has 0 saturated carbocycles. The maximum absolute atomic E-state index is 12.3. The van der Waals surface area contributed by atoms with Crippen LogP contribution in [0.5, 0.6) is 5.75 Å². The predicted octanol–water partition coefficient (Wildman–Crippen LogP) is 4.72. The third-order valence-electron chi connectivity index (χ3n) is 5.79. The summed E-state index contributed by atoms with van der Waals surface area (Å²) in [5.74, 6) is 1.00. The summed E-state index contributed by atoms with van der Waals surface area (Å²) in [7, 11) is 0. The van der Waals surface area contributed by atoms with Crippen LogP contribution in [0.3, 0.4) is 0 Å². The summed E-state index contributed by atoms with van der Waals surface area (Å²) in [6.45, 7) is 5.11. The van der Waals surface area contributed by atoms with E-state index in [1.165, 1.54) is 28.2 Å². The van der Waals surface area contributed by atoms with Crippen molar-refractivity contribution in [2.75, 3.05) is 6.54 Å². The van der Waals surface area contributed by atoms with Crippen molar-refractivity contribution in [2.45, 2.75) is 32.4 Å². The number of hydrogen-bond donors (Lipinski definition) is 1. The molecule has 0 saturated heterocycles. The Morgan fingerprint density at radius 1 is 1.09 bits per heavy atom. The highest BCUT2D eigenvalue weighted by atomic mass is 16.6. The SMILES string of the molecule is CC(C)(c1ccccc1)c1ccc(OCc2ccc(C(=O)NCCn3cc([N+](=O)[O-])cn3)o2)cc1. The predicted molar refractivity (Wildman–Crippen MR) is 129 cm³/mol. The Bertz CT molecular complexity index is 1290. The van der Waals surface area contributed by atoms with Gasteiger partial charge in [0.15, 0.2) is 5.76 Å². The molecule has 180 valence electrons. The van der Waals surface area contributed by atoms with Crippen LogP contribution in [0.25, 0.3) is 0 Å². The largest absolute Gasteiger partial charge is 0.486 e. The lowest BCUT2D eigenvalue weighted by atomic mass is 9.78. The summed E-state index contributed by atoms with van der Waals surface area (Å²) in [6.07, 6.45) is 2.47. The number of amides is 1. The number of nitro groups is 1. The number of ether oxygens (including phenoxy) is 1. The van der Waals surface area contributed by atoms with E-state index in [9.17, 15) is 14.9 Å². The normalized spacial score (nSPS) is 11.3. The van der Waals surface area contributed by atoms with Crippen molar-refractivity contribution in [2.24, 2.45) is 0 Å². The Hall–Kier alpha value is -4.40. The molecule has 4 aromatic rings. The van der Waals surface area contributed by atoms with E-state index in [-0.39, 0.29) is 35.9 Å². The van der Waals surface area contributed by atoms with E-state index in [0.717, 1.165) is 0 Å². The molecule has 2 heterocycles. The van der Waals surface area contributed by atoms with Gasteiger partial charge in [-0.15, -0.1) is 0 Å². The molecular formula is C26H26N4O5. The zero-order chi connectivity index (χ0) is 24.8. The highest BCUT2D eigenvalue weighted by Gasteiger charge is 2.22. The summed E-state index contributed by atoms with van der Waals surface area (Å²) < 4.78 is 12.8. The Labute approximate surface area is 202 Å². The molecule has 0 atom stereocenters. The van der Waals surface area contributed by atoms with Crippen LogP contribution >= 0.6 is 0 Å². The van der Waals surface area contributed by atoms with Crippen molar-refractivity contribution < 1.29 is 18.9 Å². The van der Waals surface area contributed by atoms with Crippen LogP contribution in [0.15, 0.2) is 83.5 Å². The third kappa shape index (κ3) is 5.75. The van der Waals surface area contributed by atoms with Gasteiger partial charge in [0.1, 0.15) is 30.5 Å². The fourth-order valence-electron chi connectivity index (χ4n) is 3.66. The molecule has 9 nitrogen and oxygen atoms in total. The smallest absolute Gasteiger partial charge is 0.306 e. The molecule has 4 rings (SSSR count). The lowest BCUT2D eigenvalue weighted by Crippen LogP contribution is -2.27. The molecule has 0 aliphatic carbocycles. The second kappa shape index (κ2) is 10.3. The van der Waals surface area contributed by atoms with E-state index in [1.54, 1.807) is 12.1 Å². The molecule has 35 heavy (non-hydrogen) atoms. The first kappa shape index (κ1) is 23.7. The molecular weight excluding hydrogens is 448 g/mol. The van der Waals surface area contributed by atoms with Crippen LogP contribution in [0.4, 0.5) is 5.69 Å². The second-order valence-electron chi connectivity index (χ2n) is 8.54. The number of nitrogens with one attached hydrogen (secondary N) is 1. The monoisotopic (exact) mass is 474 g/mol. The van der Waals surface area contributed by atoms with Gasteiger partial charge in [-0.25, -0.2) is 0 Å². The first-order valence-corrected chi connectivity index (χ1v) is 11.2. The average Bonchev–Trinajstić information content (AvgIpc) is 3.54. The van der Waals surface area contributed by atoms with Crippen LogP contribution in [-0.4, -0.2) is 27.2 Å².